The molecule has 0 spiro atoms. The molecule has 0 fully saturated rings. The molecule has 0 heterocycles. The van der Waals surface area contributed by atoms with E-state index < -0.39 is 0 Å². The lowest BCUT2D eigenvalue weighted by Crippen LogP contribution is -1.87. The van der Waals surface area contributed by atoms with Crippen molar-refractivity contribution in [3.63, 3.8) is 0 Å². The molecule has 0 saturated heterocycles. The molecule has 0 bridgehead atoms. The van der Waals surface area contributed by atoms with Crippen LogP contribution in [-0.4, -0.2) is 5.11 Å². The van der Waals surface area contributed by atoms with Crippen molar-refractivity contribution >= 4 is 11.8 Å². The first-order valence-corrected chi connectivity index (χ1v) is 7.17. The molecule has 0 radical (unpaired) electrons. The van der Waals surface area contributed by atoms with Crippen LogP contribution in [0.4, 0.5) is 0 Å². The van der Waals surface area contributed by atoms with Crippen LogP contribution in [0.2, 0.25) is 0 Å². The van der Waals surface area contributed by atoms with Crippen molar-refractivity contribution in [2.45, 2.75) is 35.7 Å². The van der Waals surface area contributed by atoms with E-state index in [-0.39, 0.29) is 6.61 Å². The molecule has 1 aliphatic rings. The molecule has 1 N–H and O–H groups in total. The standard InChI is InChI=1S/C16H16OS/c17-11-14-4-1-2-7-16(14)18-15-9-8-12-5-3-6-13(12)10-15/h1-2,4,7-10,17H,3,5-6,11H2. The van der Waals surface area contributed by atoms with E-state index in [0.717, 1.165) is 10.5 Å². The molecule has 0 amide bonds. The number of hydrogen-bond donors (Lipinski definition) is 1. The molecule has 3 rings (SSSR count). The van der Waals surface area contributed by atoms with Crippen LogP contribution in [0.15, 0.2) is 52.3 Å². The van der Waals surface area contributed by atoms with E-state index in [9.17, 15) is 5.11 Å². The predicted octanol–water partition coefficient (Wildman–Crippen LogP) is 3.82. The maximum absolute atomic E-state index is 9.34. The monoisotopic (exact) mass is 256 g/mol. The van der Waals surface area contributed by atoms with Gasteiger partial charge in [0.25, 0.3) is 0 Å². The summed E-state index contributed by atoms with van der Waals surface area (Å²) in [4.78, 5) is 2.43. The van der Waals surface area contributed by atoms with E-state index in [2.05, 4.69) is 24.3 Å². The van der Waals surface area contributed by atoms with Crippen molar-refractivity contribution in [1.82, 2.24) is 0 Å². The highest BCUT2D eigenvalue weighted by molar-refractivity contribution is 7.99. The zero-order valence-corrected chi connectivity index (χ0v) is 11.0. The minimum Gasteiger partial charge on any atom is -0.392 e. The highest BCUT2D eigenvalue weighted by Crippen LogP contribution is 2.33. The summed E-state index contributed by atoms with van der Waals surface area (Å²) < 4.78 is 0. The Morgan fingerprint density at radius 3 is 2.72 bits per heavy atom. The van der Waals surface area contributed by atoms with Gasteiger partial charge in [0, 0.05) is 9.79 Å². The summed E-state index contributed by atoms with van der Waals surface area (Å²) in [5.74, 6) is 0. The van der Waals surface area contributed by atoms with Gasteiger partial charge in [-0.3, -0.25) is 0 Å². The summed E-state index contributed by atoms with van der Waals surface area (Å²) >= 11 is 1.74. The number of benzene rings is 2. The minimum absolute atomic E-state index is 0.105. The molecule has 0 atom stereocenters. The van der Waals surface area contributed by atoms with Crippen LogP contribution in [0.3, 0.4) is 0 Å². The number of fused-ring (bicyclic) bond motifs is 1. The summed E-state index contributed by atoms with van der Waals surface area (Å²) in [6.45, 7) is 0.105. The van der Waals surface area contributed by atoms with E-state index in [4.69, 9.17) is 0 Å². The van der Waals surface area contributed by atoms with Crippen LogP contribution < -0.4 is 0 Å². The molecule has 2 heteroatoms. The first kappa shape index (κ1) is 11.8. The Morgan fingerprint density at radius 2 is 1.83 bits per heavy atom. The second kappa shape index (κ2) is 5.17. The lowest BCUT2D eigenvalue weighted by Gasteiger charge is -2.08. The molecule has 1 aliphatic carbocycles. The van der Waals surface area contributed by atoms with Crippen LogP contribution in [0.5, 0.6) is 0 Å². The van der Waals surface area contributed by atoms with Gasteiger partial charge < -0.3 is 5.11 Å². The van der Waals surface area contributed by atoms with Crippen molar-refractivity contribution in [1.29, 1.82) is 0 Å². The average Bonchev–Trinajstić information content (AvgIpc) is 2.87. The third-order valence-electron chi connectivity index (χ3n) is 3.44. The molecule has 2 aromatic carbocycles. The third kappa shape index (κ3) is 2.31. The van der Waals surface area contributed by atoms with Gasteiger partial charge in [0.2, 0.25) is 0 Å². The van der Waals surface area contributed by atoms with Crippen LogP contribution in [0.1, 0.15) is 23.1 Å². The van der Waals surface area contributed by atoms with E-state index in [1.807, 2.05) is 18.2 Å². The molecule has 1 nitrogen and oxygen atoms in total. The van der Waals surface area contributed by atoms with Crippen LogP contribution in [0, 0.1) is 0 Å². The Hall–Kier alpha value is -1.25. The second-order valence-corrected chi connectivity index (χ2v) is 5.77. The largest absolute Gasteiger partial charge is 0.392 e. The molecule has 18 heavy (non-hydrogen) atoms. The molecular formula is C16H16OS. The molecular weight excluding hydrogens is 240 g/mol. The van der Waals surface area contributed by atoms with E-state index in [1.165, 1.54) is 35.3 Å². The molecule has 92 valence electrons. The summed E-state index contributed by atoms with van der Waals surface area (Å²) in [6, 6.07) is 14.8. The van der Waals surface area contributed by atoms with Crippen molar-refractivity contribution in [3.8, 4) is 0 Å². The Balaban J connectivity index is 1.88. The van der Waals surface area contributed by atoms with E-state index in [1.54, 1.807) is 11.8 Å². The third-order valence-corrected chi connectivity index (χ3v) is 4.55. The lowest BCUT2D eigenvalue weighted by molar-refractivity contribution is 0.279. The van der Waals surface area contributed by atoms with Gasteiger partial charge in [0.15, 0.2) is 0 Å². The molecule has 0 aromatic heterocycles. The smallest absolute Gasteiger partial charge is 0.0692 e. The van der Waals surface area contributed by atoms with Crippen molar-refractivity contribution in [3.05, 3.63) is 59.2 Å². The molecule has 0 aliphatic heterocycles. The highest BCUT2D eigenvalue weighted by atomic mass is 32.2. The zero-order chi connectivity index (χ0) is 12.4. The zero-order valence-electron chi connectivity index (χ0n) is 10.2. The summed E-state index contributed by atoms with van der Waals surface area (Å²) in [5, 5.41) is 9.34. The van der Waals surface area contributed by atoms with Crippen molar-refractivity contribution in [2.24, 2.45) is 0 Å². The van der Waals surface area contributed by atoms with Crippen LogP contribution >= 0.6 is 11.8 Å². The van der Waals surface area contributed by atoms with Gasteiger partial charge in [0.1, 0.15) is 0 Å². The number of aliphatic hydroxyl groups excluding tert-OH is 1. The average molecular weight is 256 g/mol. The van der Waals surface area contributed by atoms with Crippen molar-refractivity contribution in [2.75, 3.05) is 0 Å². The molecule has 0 unspecified atom stereocenters. The van der Waals surface area contributed by atoms with Crippen molar-refractivity contribution < 1.29 is 5.11 Å². The fraction of sp³-hybridized carbons (Fsp3) is 0.250. The summed E-state index contributed by atoms with van der Waals surface area (Å²) in [6.07, 6.45) is 3.73. The molecule has 0 saturated carbocycles. The van der Waals surface area contributed by atoms with E-state index in [0.29, 0.717) is 0 Å². The fourth-order valence-electron chi connectivity index (χ4n) is 2.47. The van der Waals surface area contributed by atoms with Gasteiger partial charge >= 0.3 is 0 Å². The van der Waals surface area contributed by atoms with E-state index >= 15 is 0 Å². The highest BCUT2D eigenvalue weighted by Gasteiger charge is 2.11. The van der Waals surface area contributed by atoms with Gasteiger partial charge in [-0.25, -0.2) is 0 Å². The Morgan fingerprint density at radius 1 is 1.00 bits per heavy atom. The number of aryl methyl sites for hydroxylation is 2. The lowest BCUT2D eigenvalue weighted by atomic mass is 10.1. The fourth-order valence-corrected chi connectivity index (χ4v) is 3.47. The van der Waals surface area contributed by atoms with Gasteiger partial charge in [-0.2, -0.15) is 0 Å². The minimum atomic E-state index is 0.105. The maximum atomic E-state index is 9.34. The maximum Gasteiger partial charge on any atom is 0.0692 e. The normalized spacial score (nSPS) is 13.6. The number of aliphatic hydroxyl groups is 1. The first-order valence-electron chi connectivity index (χ1n) is 6.35. The Labute approximate surface area is 112 Å². The second-order valence-electron chi connectivity index (χ2n) is 4.65. The number of rotatable bonds is 3. The van der Waals surface area contributed by atoms with Gasteiger partial charge in [-0.15, -0.1) is 0 Å². The topological polar surface area (TPSA) is 20.2 Å². The van der Waals surface area contributed by atoms with Gasteiger partial charge in [-0.1, -0.05) is 36.0 Å². The van der Waals surface area contributed by atoms with Gasteiger partial charge in [-0.05, 0) is 54.2 Å². The Kier molecular flexibility index (Phi) is 3.39. The van der Waals surface area contributed by atoms with Crippen LogP contribution in [-0.2, 0) is 19.4 Å². The van der Waals surface area contributed by atoms with Gasteiger partial charge in [0.05, 0.1) is 6.61 Å². The SMILES string of the molecule is OCc1ccccc1Sc1ccc2c(c1)CCC2. The summed E-state index contributed by atoms with van der Waals surface area (Å²) in [5.41, 5.74) is 4.01. The Bertz CT molecular complexity index is 563. The van der Waals surface area contributed by atoms with Crippen LogP contribution in [0.25, 0.3) is 0 Å². The molecule has 2 aromatic rings. The number of hydrogen-bond acceptors (Lipinski definition) is 2. The predicted molar refractivity (Wildman–Crippen MR) is 75.0 cm³/mol. The quantitative estimate of drug-likeness (QED) is 0.901. The first-order chi connectivity index (χ1) is 8.86. The summed E-state index contributed by atoms with van der Waals surface area (Å²) in [7, 11) is 0.